The molecule has 0 aliphatic carbocycles. The molecule has 2 aromatic carbocycles. The lowest BCUT2D eigenvalue weighted by molar-refractivity contribution is 0.384. The molecule has 0 unspecified atom stereocenters. The van der Waals surface area contributed by atoms with Gasteiger partial charge in [-0.15, -0.1) is 0 Å². The van der Waals surface area contributed by atoms with E-state index in [0.29, 0.717) is 29.1 Å². The number of rotatable bonds is 4. The number of ether oxygens (including phenoxy) is 1. The lowest BCUT2D eigenvalue weighted by Crippen LogP contribution is -2.40. The third-order valence-electron chi connectivity index (χ3n) is 5.51. The lowest BCUT2D eigenvalue weighted by atomic mass is 10.1. The minimum absolute atomic E-state index is 0.0157. The fraction of sp³-hybridized carbons (Fsp3) is 0.182. The van der Waals surface area contributed by atoms with E-state index in [0.717, 1.165) is 11.3 Å². The van der Waals surface area contributed by atoms with Crippen molar-refractivity contribution in [1.82, 2.24) is 18.9 Å². The van der Waals surface area contributed by atoms with Crippen LogP contribution in [0.1, 0.15) is 11.3 Å². The van der Waals surface area contributed by atoms with E-state index in [-0.39, 0.29) is 23.5 Å². The van der Waals surface area contributed by atoms with Crippen LogP contribution in [0.4, 0.5) is 0 Å². The Labute approximate surface area is 178 Å². The highest BCUT2D eigenvalue weighted by molar-refractivity contribution is 7.89. The van der Waals surface area contributed by atoms with Crippen molar-refractivity contribution in [2.75, 3.05) is 13.7 Å². The Hall–Kier alpha value is -3.43. The zero-order valence-corrected chi connectivity index (χ0v) is 17.6. The number of aromatic nitrogens is 3. The van der Waals surface area contributed by atoms with Crippen LogP contribution in [0.3, 0.4) is 0 Å². The van der Waals surface area contributed by atoms with E-state index in [4.69, 9.17) is 4.74 Å². The minimum Gasteiger partial charge on any atom is -0.497 e. The standard InChI is InChI=1S/C22H20N4O4S/c1-30-16-7-9-17(10-8-16)31(28,29)25-12-11-19-18(14-25)22(27)26-21(23-19)13-20(24-26)15-5-3-2-4-6-15/h2-10,13,24H,11-12,14H2,1H3. The number of methoxy groups -OCH3 is 1. The number of nitrogens with one attached hydrogen (secondary N) is 1. The highest BCUT2D eigenvalue weighted by atomic mass is 32.2. The van der Waals surface area contributed by atoms with Gasteiger partial charge >= 0.3 is 0 Å². The average Bonchev–Trinajstić information content (AvgIpc) is 3.24. The van der Waals surface area contributed by atoms with Gasteiger partial charge in [0, 0.05) is 25.6 Å². The maximum atomic E-state index is 13.2. The van der Waals surface area contributed by atoms with Crippen LogP contribution >= 0.6 is 0 Å². The first-order valence-corrected chi connectivity index (χ1v) is 11.2. The largest absolute Gasteiger partial charge is 0.497 e. The third-order valence-corrected chi connectivity index (χ3v) is 7.37. The molecule has 0 radical (unpaired) electrons. The van der Waals surface area contributed by atoms with Crippen molar-refractivity contribution in [2.24, 2.45) is 0 Å². The average molecular weight is 436 g/mol. The van der Waals surface area contributed by atoms with Crippen LogP contribution in [-0.2, 0) is 23.0 Å². The van der Waals surface area contributed by atoms with Crippen molar-refractivity contribution in [3.63, 3.8) is 0 Å². The topological polar surface area (TPSA) is 96.8 Å². The smallest absolute Gasteiger partial charge is 0.277 e. The monoisotopic (exact) mass is 436 g/mol. The highest BCUT2D eigenvalue weighted by Gasteiger charge is 2.31. The van der Waals surface area contributed by atoms with E-state index < -0.39 is 10.0 Å². The number of benzene rings is 2. The Balaban J connectivity index is 1.52. The molecule has 8 nitrogen and oxygen atoms in total. The van der Waals surface area contributed by atoms with E-state index in [1.807, 2.05) is 36.4 Å². The molecule has 2 aromatic heterocycles. The molecule has 0 saturated heterocycles. The molecule has 1 N–H and O–H groups in total. The second kappa shape index (κ2) is 7.36. The summed E-state index contributed by atoms with van der Waals surface area (Å²) in [6.07, 6.45) is 0.377. The van der Waals surface area contributed by atoms with Gasteiger partial charge in [0.2, 0.25) is 10.0 Å². The molecule has 31 heavy (non-hydrogen) atoms. The summed E-state index contributed by atoms with van der Waals surface area (Å²) in [5.41, 5.74) is 2.99. The number of nitrogens with zero attached hydrogens (tertiary/aromatic N) is 3. The maximum Gasteiger partial charge on any atom is 0.277 e. The van der Waals surface area contributed by atoms with Gasteiger partial charge in [-0.2, -0.15) is 4.31 Å². The Kier molecular flexibility index (Phi) is 4.64. The molecular weight excluding hydrogens is 416 g/mol. The number of H-pyrrole nitrogens is 1. The Morgan fingerprint density at radius 3 is 2.52 bits per heavy atom. The Bertz CT molecular complexity index is 1420. The fourth-order valence-corrected chi connectivity index (χ4v) is 5.23. The first kappa shape index (κ1) is 19.5. The Morgan fingerprint density at radius 1 is 1.06 bits per heavy atom. The van der Waals surface area contributed by atoms with Crippen molar-refractivity contribution in [2.45, 2.75) is 17.9 Å². The van der Waals surface area contributed by atoms with Gasteiger partial charge < -0.3 is 4.74 Å². The molecule has 0 amide bonds. The minimum atomic E-state index is -3.75. The molecule has 158 valence electrons. The van der Waals surface area contributed by atoms with E-state index in [1.54, 1.807) is 12.1 Å². The lowest BCUT2D eigenvalue weighted by Gasteiger charge is -2.27. The maximum absolute atomic E-state index is 13.2. The van der Waals surface area contributed by atoms with Gasteiger partial charge in [0.05, 0.1) is 29.0 Å². The van der Waals surface area contributed by atoms with Gasteiger partial charge in [-0.25, -0.2) is 17.9 Å². The summed E-state index contributed by atoms with van der Waals surface area (Å²) in [6.45, 7) is 0.248. The number of aromatic amines is 1. The quantitative estimate of drug-likeness (QED) is 0.530. The first-order chi connectivity index (χ1) is 15.0. The summed E-state index contributed by atoms with van der Waals surface area (Å²) in [4.78, 5) is 18.0. The number of hydrogen-bond donors (Lipinski definition) is 1. The van der Waals surface area contributed by atoms with Gasteiger partial charge in [0.25, 0.3) is 5.56 Å². The molecule has 0 saturated carbocycles. The van der Waals surface area contributed by atoms with Crippen LogP contribution in [0.15, 0.2) is 70.4 Å². The molecule has 1 aliphatic rings. The molecule has 0 bridgehead atoms. The predicted molar refractivity (Wildman–Crippen MR) is 116 cm³/mol. The zero-order chi connectivity index (χ0) is 21.6. The second-order valence-electron chi connectivity index (χ2n) is 7.34. The van der Waals surface area contributed by atoms with Crippen molar-refractivity contribution >= 4 is 15.7 Å². The molecule has 5 rings (SSSR count). The van der Waals surface area contributed by atoms with Crippen molar-refractivity contribution in [3.8, 4) is 17.0 Å². The van der Waals surface area contributed by atoms with Crippen LogP contribution < -0.4 is 10.3 Å². The van der Waals surface area contributed by atoms with Crippen LogP contribution in [0.25, 0.3) is 16.9 Å². The molecule has 4 aromatic rings. The molecule has 0 spiro atoms. The molecule has 9 heteroatoms. The highest BCUT2D eigenvalue weighted by Crippen LogP contribution is 2.25. The summed E-state index contributed by atoms with van der Waals surface area (Å²) in [7, 11) is -2.22. The molecular formula is C22H20N4O4S. The molecule has 0 atom stereocenters. The second-order valence-corrected chi connectivity index (χ2v) is 9.27. The Morgan fingerprint density at radius 2 is 1.81 bits per heavy atom. The van der Waals surface area contributed by atoms with Crippen LogP contribution in [0.5, 0.6) is 5.75 Å². The third kappa shape index (κ3) is 3.31. The van der Waals surface area contributed by atoms with E-state index in [1.165, 1.54) is 28.1 Å². The van der Waals surface area contributed by atoms with Crippen molar-refractivity contribution in [1.29, 1.82) is 0 Å². The zero-order valence-electron chi connectivity index (χ0n) is 16.8. The number of fused-ring (bicyclic) bond motifs is 2. The van der Waals surface area contributed by atoms with Gasteiger partial charge in [-0.3, -0.25) is 9.89 Å². The van der Waals surface area contributed by atoms with Gasteiger partial charge in [-0.05, 0) is 29.8 Å². The van der Waals surface area contributed by atoms with E-state index >= 15 is 0 Å². The van der Waals surface area contributed by atoms with Crippen LogP contribution in [-0.4, -0.2) is 41.0 Å². The normalized spacial score (nSPS) is 14.5. The summed E-state index contributed by atoms with van der Waals surface area (Å²) in [6, 6.07) is 17.7. The summed E-state index contributed by atoms with van der Waals surface area (Å²) < 4.78 is 34.0. The summed E-state index contributed by atoms with van der Waals surface area (Å²) in [5.74, 6) is 0.578. The molecule has 0 fully saturated rings. The predicted octanol–water partition coefficient (Wildman–Crippen LogP) is 2.45. The number of hydrogen-bond acceptors (Lipinski definition) is 5. The van der Waals surface area contributed by atoms with E-state index in [9.17, 15) is 13.2 Å². The van der Waals surface area contributed by atoms with Gasteiger partial charge in [0.1, 0.15) is 5.75 Å². The molecule has 1 aliphatic heterocycles. The van der Waals surface area contributed by atoms with Gasteiger partial charge in [0.15, 0.2) is 5.65 Å². The SMILES string of the molecule is COc1ccc(S(=O)(=O)N2CCc3nc4cc(-c5ccccc5)[nH]n4c(=O)c3C2)cc1. The number of sulfonamides is 1. The van der Waals surface area contributed by atoms with Crippen molar-refractivity contribution in [3.05, 3.63) is 82.3 Å². The van der Waals surface area contributed by atoms with Gasteiger partial charge in [-0.1, -0.05) is 30.3 Å². The summed E-state index contributed by atoms with van der Waals surface area (Å²) in [5, 5.41) is 3.09. The van der Waals surface area contributed by atoms with Crippen molar-refractivity contribution < 1.29 is 13.2 Å². The summed E-state index contributed by atoms with van der Waals surface area (Å²) >= 11 is 0. The van der Waals surface area contributed by atoms with E-state index in [2.05, 4.69) is 10.1 Å². The molecule has 3 heterocycles. The van der Waals surface area contributed by atoms with Crippen LogP contribution in [0.2, 0.25) is 0 Å². The van der Waals surface area contributed by atoms with Crippen LogP contribution in [0, 0.1) is 0 Å². The first-order valence-electron chi connectivity index (χ1n) is 9.80. The fourth-order valence-electron chi connectivity index (χ4n) is 3.82.